The Labute approximate surface area is 133 Å². The van der Waals surface area contributed by atoms with E-state index >= 15 is 0 Å². The minimum atomic E-state index is -0.241. The molecule has 0 radical (unpaired) electrons. The van der Waals surface area contributed by atoms with E-state index in [2.05, 4.69) is 0 Å². The minimum absolute atomic E-state index is 0.0362. The number of hydrogen-bond donors (Lipinski definition) is 0. The topological polar surface area (TPSA) is 9.23 Å². The Morgan fingerprint density at radius 3 is 2.86 bits per heavy atom. The number of rotatable bonds is 4. The van der Waals surface area contributed by atoms with Crippen molar-refractivity contribution in [2.75, 3.05) is 12.5 Å². The van der Waals surface area contributed by atoms with Crippen molar-refractivity contribution < 1.29 is 9.13 Å². The van der Waals surface area contributed by atoms with Crippen LogP contribution in [0.2, 0.25) is 5.02 Å². The number of alkyl halides is 1. The molecule has 0 bridgehead atoms. The summed E-state index contributed by atoms with van der Waals surface area (Å²) in [7, 11) is 0. The molecule has 1 nitrogen and oxygen atoms in total. The van der Waals surface area contributed by atoms with E-state index in [1.165, 1.54) is 6.07 Å². The molecule has 0 amide bonds. The molecular weight excluding hydrogens is 310 g/mol. The van der Waals surface area contributed by atoms with E-state index in [0.717, 1.165) is 28.9 Å². The standard InChI is InChI=1S/C17H15Cl2FO/c18-10-14(11-2-1-3-16(20)9-11)6-13-8-15(19)7-12-4-5-21-17(12)13/h1-3,7-9,14H,4-6,10H2. The molecule has 4 heteroatoms. The molecule has 3 rings (SSSR count). The van der Waals surface area contributed by atoms with Gasteiger partial charge < -0.3 is 4.74 Å². The van der Waals surface area contributed by atoms with Gasteiger partial charge in [0.05, 0.1) is 6.61 Å². The molecule has 1 unspecified atom stereocenters. The Morgan fingerprint density at radius 2 is 2.10 bits per heavy atom. The maximum Gasteiger partial charge on any atom is 0.125 e. The van der Waals surface area contributed by atoms with Crippen molar-refractivity contribution in [3.05, 3.63) is 63.9 Å². The lowest BCUT2D eigenvalue weighted by Crippen LogP contribution is -2.06. The molecule has 0 N–H and O–H groups in total. The number of hydrogen-bond acceptors (Lipinski definition) is 1. The molecule has 0 saturated heterocycles. The van der Waals surface area contributed by atoms with Crippen LogP contribution in [0.3, 0.4) is 0 Å². The van der Waals surface area contributed by atoms with Gasteiger partial charge in [-0.2, -0.15) is 0 Å². The molecule has 0 spiro atoms. The SMILES string of the molecule is Fc1cccc(C(CCl)Cc2cc(Cl)cc3c2OCC3)c1. The predicted octanol–water partition coefficient (Wildman–Crippen LogP) is 4.98. The van der Waals surface area contributed by atoms with Crippen molar-refractivity contribution in [1.29, 1.82) is 0 Å². The summed E-state index contributed by atoms with van der Waals surface area (Å²) in [4.78, 5) is 0. The van der Waals surface area contributed by atoms with Crippen molar-refractivity contribution in [2.24, 2.45) is 0 Å². The molecular formula is C17H15Cl2FO. The average molecular weight is 325 g/mol. The Bertz CT molecular complexity index is 657. The van der Waals surface area contributed by atoms with Gasteiger partial charge in [0.25, 0.3) is 0 Å². The first-order chi connectivity index (χ1) is 10.2. The van der Waals surface area contributed by atoms with Crippen LogP contribution in [-0.4, -0.2) is 12.5 Å². The summed E-state index contributed by atoms with van der Waals surface area (Å²) in [5.74, 6) is 1.14. The van der Waals surface area contributed by atoms with E-state index in [-0.39, 0.29) is 11.7 Å². The van der Waals surface area contributed by atoms with E-state index in [1.54, 1.807) is 12.1 Å². The summed E-state index contributed by atoms with van der Waals surface area (Å²) in [6.45, 7) is 0.689. The normalized spacial score (nSPS) is 14.6. The average Bonchev–Trinajstić information content (AvgIpc) is 2.92. The summed E-state index contributed by atoms with van der Waals surface area (Å²) in [6.07, 6.45) is 1.57. The summed E-state index contributed by atoms with van der Waals surface area (Å²) < 4.78 is 19.1. The van der Waals surface area contributed by atoms with Gasteiger partial charge in [-0.05, 0) is 47.4 Å². The second kappa shape index (κ2) is 6.25. The number of ether oxygens (including phenoxy) is 1. The van der Waals surface area contributed by atoms with Crippen LogP contribution in [0.5, 0.6) is 5.75 Å². The van der Waals surface area contributed by atoms with Crippen molar-refractivity contribution in [3.8, 4) is 5.75 Å². The van der Waals surface area contributed by atoms with Crippen molar-refractivity contribution in [1.82, 2.24) is 0 Å². The maximum absolute atomic E-state index is 13.4. The van der Waals surface area contributed by atoms with Crippen LogP contribution in [0.25, 0.3) is 0 Å². The highest BCUT2D eigenvalue weighted by Crippen LogP contribution is 2.36. The van der Waals surface area contributed by atoms with Gasteiger partial charge in [-0.15, -0.1) is 11.6 Å². The van der Waals surface area contributed by atoms with Gasteiger partial charge in [0.2, 0.25) is 0 Å². The Kier molecular flexibility index (Phi) is 4.37. The highest BCUT2D eigenvalue weighted by molar-refractivity contribution is 6.30. The van der Waals surface area contributed by atoms with Crippen molar-refractivity contribution >= 4 is 23.2 Å². The summed E-state index contributed by atoms with van der Waals surface area (Å²) >= 11 is 12.3. The van der Waals surface area contributed by atoms with Gasteiger partial charge >= 0.3 is 0 Å². The van der Waals surface area contributed by atoms with Crippen LogP contribution in [0, 0.1) is 5.82 Å². The van der Waals surface area contributed by atoms with Gasteiger partial charge in [0.15, 0.2) is 0 Å². The minimum Gasteiger partial charge on any atom is -0.493 e. The zero-order valence-corrected chi connectivity index (χ0v) is 12.9. The van der Waals surface area contributed by atoms with Crippen LogP contribution < -0.4 is 4.74 Å². The van der Waals surface area contributed by atoms with Crippen molar-refractivity contribution in [3.63, 3.8) is 0 Å². The Balaban J connectivity index is 1.91. The highest BCUT2D eigenvalue weighted by atomic mass is 35.5. The molecule has 1 aliphatic rings. The van der Waals surface area contributed by atoms with E-state index < -0.39 is 0 Å². The third-order valence-electron chi connectivity index (χ3n) is 3.80. The van der Waals surface area contributed by atoms with Crippen LogP contribution in [0.15, 0.2) is 36.4 Å². The second-order valence-corrected chi connectivity index (χ2v) is 6.01. The zero-order valence-electron chi connectivity index (χ0n) is 11.4. The molecule has 0 fully saturated rings. The fourth-order valence-corrected chi connectivity index (χ4v) is 3.34. The number of halogens is 3. The van der Waals surface area contributed by atoms with E-state index in [9.17, 15) is 4.39 Å². The number of fused-ring (bicyclic) bond motifs is 1. The smallest absolute Gasteiger partial charge is 0.125 e. The fourth-order valence-electron chi connectivity index (χ4n) is 2.79. The lowest BCUT2D eigenvalue weighted by molar-refractivity contribution is 0.353. The zero-order chi connectivity index (χ0) is 14.8. The molecule has 1 aliphatic heterocycles. The van der Waals surface area contributed by atoms with Crippen molar-refractivity contribution in [2.45, 2.75) is 18.8 Å². The van der Waals surface area contributed by atoms with Crippen LogP contribution in [0.1, 0.15) is 22.6 Å². The summed E-state index contributed by atoms with van der Waals surface area (Å²) in [6, 6.07) is 10.5. The van der Waals surface area contributed by atoms with Crippen LogP contribution in [-0.2, 0) is 12.8 Å². The quantitative estimate of drug-likeness (QED) is 0.721. The first-order valence-electron chi connectivity index (χ1n) is 6.93. The lowest BCUT2D eigenvalue weighted by Gasteiger charge is -2.17. The monoisotopic (exact) mass is 324 g/mol. The first kappa shape index (κ1) is 14.7. The molecule has 1 heterocycles. The second-order valence-electron chi connectivity index (χ2n) is 5.26. The van der Waals surface area contributed by atoms with Gasteiger partial charge in [-0.1, -0.05) is 23.7 Å². The highest BCUT2D eigenvalue weighted by Gasteiger charge is 2.21. The maximum atomic E-state index is 13.4. The Morgan fingerprint density at radius 1 is 1.24 bits per heavy atom. The molecule has 0 aliphatic carbocycles. The van der Waals surface area contributed by atoms with Gasteiger partial charge in [0, 0.05) is 23.2 Å². The summed E-state index contributed by atoms with van der Waals surface area (Å²) in [5, 5.41) is 0.710. The van der Waals surface area contributed by atoms with Gasteiger partial charge in [0.1, 0.15) is 11.6 Å². The van der Waals surface area contributed by atoms with E-state index in [4.69, 9.17) is 27.9 Å². The molecule has 0 saturated carbocycles. The molecule has 2 aromatic carbocycles. The Hall–Kier alpha value is -1.25. The fraction of sp³-hybridized carbons (Fsp3) is 0.294. The van der Waals surface area contributed by atoms with Crippen LogP contribution >= 0.6 is 23.2 Å². The first-order valence-corrected chi connectivity index (χ1v) is 7.84. The van der Waals surface area contributed by atoms with Crippen LogP contribution in [0.4, 0.5) is 4.39 Å². The van der Waals surface area contributed by atoms with Gasteiger partial charge in [-0.3, -0.25) is 0 Å². The number of benzene rings is 2. The lowest BCUT2D eigenvalue weighted by atomic mass is 9.92. The largest absolute Gasteiger partial charge is 0.493 e. The molecule has 1 atom stereocenters. The summed E-state index contributed by atoms with van der Waals surface area (Å²) in [5.41, 5.74) is 3.09. The predicted molar refractivity (Wildman–Crippen MR) is 84.2 cm³/mol. The van der Waals surface area contributed by atoms with E-state index in [0.29, 0.717) is 23.9 Å². The van der Waals surface area contributed by atoms with Gasteiger partial charge in [-0.25, -0.2) is 4.39 Å². The molecule has 21 heavy (non-hydrogen) atoms. The van der Waals surface area contributed by atoms with E-state index in [1.807, 2.05) is 18.2 Å². The molecule has 0 aromatic heterocycles. The third-order valence-corrected chi connectivity index (χ3v) is 4.39. The molecule has 2 aromatic rings. The third kappa shape index (κ3) is 3.17. The molecule has 110 valence electrons.